The Bertz CT molecular complexity index is 744. The molecular weight excluding hydrogens is 387 g/mol. The number of amides is 1. The first-order valence-electron chi connectivity index (χ1n) is 8.16. The van der Waals surface area contributed by atoms with Gasteiger partial charge in [-0.15, -0.1) is 0 Å². The molecule has 0 aromatic heterocycles. The number of rotatable bonds is 4. The summed E-state index contributed by atoms with van der Waals surface area (Å²) in [5.41, 5.74) is 1.73. The third kappa shape index (κ3) is 4.38. The molecule has 1 saturated heterocycles. The maximum Gasteiger partial charge on any atom is 0.255 e. The van der Waals surface area contributed by atoms with Gasteiger partial charge in [-0.25, -0.2) is 4.39 Å². The van der Waals surface area contributed by atoms with Gasteiger partial charge in [0.25, 0.3) is 5.91 Å². The summed E-state index contributed by atoms with van der Waals surface area (Å²) in [5, 5.41) is 0. The SMILES string of the molecule is COc1ccc(CN2CCN(C(=O)c3ccc(F)cc3Br)CC2)cc1. The number of carbonyl (C=O) groups excluding carboxylic acids is 1. The van der Waals surface area contributed by atoms with E-state index in [1.807, 2.05) is 17.0 Å². The number of carbonyl (C=O) groups is 1. The van der Waals surface area contributed by atoms with E-state index in [4.69, 9.17) is 4.74 Å². The molecule has 0 spiro atoms. The molecular formula is C19H20BrFN2O2. The fourth-order valence-corrected chi connectivity index (χ4v) is 3.45. The standard InChI is InChI=1S/C19H20BrFN2O2/c1-25-16-5-2-14(3-6-16)13-22-8-10-23(11-9-22)19(24)17-7-4-15(21)12-18(17)20/h2-7,12H,8-11,13H2,1H3. The van der Waals surface area contributed by atoms with Crippen LogP contribution in [0.25, 0.3) is 0 Å². The fourth-order valence-electron chi connectivity index (χ4n) is 2.93. The monoisotopic (exact) mass is 406 g/mol. The lowest BCUT2D eigenvalue weighted by atomic mass is 10.1. The molecule has 0 radical (unpaired) electrons. The van der Waals surface area contributed by atoms with Gasteiger partial charge >= 0.3 is 0 Å². The Morgan fingerprint density at radius 2 is 1.80 bits per heavy atom. The Labute approximate surface area is 155 Å². The van der Waals surface area contributed by atoms with E-state index in [-0.39, 0.29) is 11.7 Å². The molecule has 0 unspecified atom stereocenters. The normalized spacial score (nSPS) is 15.2. The van der Waals surface area contributed by atoms with Crippen LogP contribution in [0.3, 0.4) is 0 Å². The summed E-state index contributed by atoms with van der Waals surface area (Å²) < 4.78 is 18.9. The van der Waals surface area contributed by atoms with Gasteiger partial charge in [0, 0.05) is 37.2 Å². The lowest BCUT2D eigenvalue weighted by Crippen LogP contribution is -2.48. The largest absolute Gasteiger partial charge is 0.497 e. The first kappa shape index (κ1) is 17.9. The fraction of sp³-hybridized carbons (Fsp3) is 0.316. The van der Waals surface area contributed by atoms with Gasteiger partial charge in [0.1, 0.15) is 11.6 Å². The van der Waals surface area contributed by atoms with Crippen LogP contribution in [-0.4, -0.2) is 49.0 Å². The summed E-state index contributed by atoms with van der Waals surface area (Å²) in [6, 6.07) is 12.2. The average molecular weight is 407 g/mol. The van der Waals surface area contributed by atoms with Crippen LogP contribution >= 0.6 is 15.9 Å². The van der Waals surface area contributed by atoms with Gasteiger partial charge < -0.3 is 9.64 Å². The van der Waals surface area contributed by atoms with E-state index < -0.39 is 0 Å². The molecule has 2 aromatic carbocycles. The van der Waals surface area contributed by atoms with Crippen LogP contribution in [0.15, 0.2) is 46.9 Å². The van der Waals surface area contributed by atoms with E-state index in [1.165, 1.54) is 23.8 Å². The predicted molar refractivity (Wildman–Crippen MR) is 98.3 cm³/mol. The second kappa shape index (κ2) is 7.97. The number of hydrogen-bond donors (Lipinski definition) is 0. The van der Waals surface area contributed by atoms with Crippen molar-refractivity contribution < 1.29 is 13.9 Å². The predicted octanol–water partition coefficient (Wildman–Crippen LogP) is 3.55. The number of methoxy groups -OCH3 is 1. The maximum absolute atomic E-state index is 13.2. The summed E-state index contributed by atoms with van der Waals surface area (Å²) in [4.78, 5) is 16.8. The smallest absolute Gasteiger partial charge is 0.255 e. The van der Waals surface area contributed by atoms with E-state index in [0.717, 1.165) is 25.4 Å². The van der Waals surface area contributed by atoms with Gasteiger partial charge in [-0.05, 0) is 51.8 Å². The molecule has 1 fully saturated rings. The van der Waals surface area contributed by atoms with Crippen molar-refractivity contribution in [3.8, 4) is 5.75 Å². The van der Waals surface area contributed by atoms with Gasteiger partial charge in [-0.2, -0.15) is 0 Å². The Hall–Kier alpha value is -1.92. The Morgan fingerprint density at radius 1 is 1.12 bits per heavy atom. The zero-order valence-corrected chi connectivity index (χ0v) is 15.6. The van der Waals surface area contributed by atoms with Crippen LogP contribution in [0.4, 0.5) is 4.39 Å². The zero-order chi connectivity index (χ0) is 17.8. The summed E-state index contributed by atoms with van der Waals surface area (Å²) in [6.07, 6.45) is 0. The minimum atomic E-state index is -0.354. The van der Waals surface area contributed by atoms with Crippen LogP contribution < -0.4 is 4.74 Å². The lowest BCUT2D eigenvalue weighted by Gasteiger charge is -2.35. The first-order chi connectivity index (χ1) is 12.1. The Morgan fingerprint density at radius 3 is 2.40 bits per heavy atom. The van der Waals surface area contributed by atoms with Gasteiger partial charge in [0.15, 0.2) is 0 Å². The van der Waals surface area contributed by atoms with Crippen molar-refractivity contribution in [1.82, 2.24) is 9.80 Å². The first-order valence-corrected chi connectivity index (χ1v) is 8.96. The van der Waals surface area contributed by atoms with Gasteiger partial charge in [-0.3, -0.25) is 9.69 Å². The van der Waals surface area contributed by atoms with Crippen LogP contribution in [0.2, 0.25) is 0 Å². The lowest BCUT2D eigenvalue weighted by molar-refractivity contribution is 0.0627. The van der Waals surface area contributed by atoms with Gasteiger partial charge in [0.2, 0.25) is 0 Å². The Balaban J connectivity index is 1.56. The molecule has 0 bridgehead atoms. The number of nitrogens with zero attached hydrogens (tertiary/aromatic N) is 2. The molecule has 0 saturated carbocycles. The number of hydrogen-bond acceptors (Lipinski definition) is 3. The van der Waals surface area contributed by atoms with Gasteiger partial charge in [0.05, 0.1) is 12.7 Å². The summed E-state index contributed by atoms with van der Waals surface area (Å²) >= 11 is 3.27. The number of piperazine rings is 1. The molecule has 25 heavy (non-hydrogen) atoms. The second-order valence-corrected chi connectivity index (χ2v) is 6.89. The third-order valence-electron chi connectivity index (χ3n) is 4.39. The molecule has 0 atom stereocenters. The average Bonchev–Trinajstić information content (AvgIpc) is 2.62. The highest BCUT2D eigenvalue weighted by Gasteiger charge is 2.23. The highest BCUT2D eigenvalue weighted by atomic mass is 79.9. The van der Waals surface area contributed by atoms with E-state index >= 15 is 0 Å². The van der Waals surface area contributed by atoms with Crippen molar-refractivity contribution in [2.45, 2.75) is 6.54 Å². The molecule has 1 heterocycles. The highest BCUT2D eigenvalue weighted by Crippen LogP contribution is 2.21. The van der Waals surface area contributed by atoms with Gasteiger partial charge in [-0.1, -0.05) is 12.1 Å². The number of ether oxygens (including phenoxy) is 1. The molecule has 1 aliphatic heterocycles. The molecule has 0 aliphatic carbocycles. The molecule has 132 valence electrons. The van der Waals surface area contributed by atoms with Crippen molar-refractivity contribution in [3.63, 3.8) is 0 Å². The van der Waals surface area contributed by atoms with Crippen molar-refractivity contribution in [2.75, 3.05) is 33.3 Å². The zero-order valence-electron chi connectivity index (χ0n) is 14.0. The molecule has 1 amide bonds. The van der Waals surface area contributed by atoms with Crippen LogP contribution in [0.5, 0.6) is 5.75 Å². The Kier molecular flexibility index (Phi) is 5.71. The quantitative estimate of drug-likeness (QED) is 0.777. The van der Waals surface area contributed by atoms with Crippen LogP contribution in [0.1, 0.15) is 15.9 Å². The topological polar surface area (TPSA) is 32.8 Å². The van der Waals surface area contributed by atoms with E-state index in [9.17, 15) is 9.18 Å². The van der Waals surface area contributed by atoms with E-state index in [0.29, 0.717) is 23.1 Å². The van der Waals surface area contributed by atoms with E-state index in [2.05, 4.69) is 33.0 Å². The summed E-state index contributed by atoms with van der Waals surface area (Å²) in [6.45, 7) is 3.82. The second-order valence-electron chi connectivity index (χ2n) is 6.04. The van der Waals surface area contributed by atoms with Crippen molar-refractivity contribution in [2.24, 2.45) is 0 Å². The number of halogens is 2. The van der Waals surface area contributed by atoms with E-state index in [1.54, 1.807) is 7.11 Å². The van der Waals surface area contributed by atoms with Crippen LogP contribution in [0, 0.1) is 5.82 Å². The van der Waals surface area contributed by atoms with Crippen LogP contribution in [-0.2, 0) is 6.54 Å². The molecule has 0 N–H and O–H groups in total. The van der Waals surface area contributed by atoms with Crippen molar-refractivity contribution in [3.05, 3.63) is 63.9 Å². The minimum absolute atomic E-state index is 0.0593. The molecule has 2 aromatic rings. The molecule has 6 heteroatoms. The third-order valence-corrected chi connectivity index (χ3v) is 5.04. The maximum atomic E-state index is 13.2. The highest BCUT2D eigenvalue weighted by molar-refractivity contribution is 9.10. The van der Waals surface area contributed by atoms with Crippen molar-refractivity contribution in [1.29, 1.82) is 0 Å². The summed E-state index contributed by atoms with van der Waals surface area (Å²) in [7, 11) is 1.66. The summed E-state index contributed by atoms with van der Waals surface area (Å²) in [5.74, 6) is 0.438. The van der Waals surface area contributed by atoms with Crippen molar-refractivity contribution >= 4 is 21.8 Å². The molecule has 4 nitrogen and oxygen atoms in total. The number of benzene rings is 2. The molecule has 1 aliphatic rings. The minimum Gasteiger partial charge on any atom is -0.497 e. The molecule has 3 rings (SSSR count).